The van der Waals surface area contributed by atoms with Gasteiger partial charge in [0.05, 0.1) is 0 Å². The molecule has 0 bridgehead atoms. The lowest BCUT2D eigenvalue weighted by Crippen LogP contribution is -2.58. The van der Waals surface area contributed by atoms with Gasteiger partial charge in [-0.1, -0.05) is 0 Å². The molecule has 0 aromatic heterocycles. The number of carboxylic acids is 1. The summed E-state index contributed by atoms with van der Waals surface area (Å²) in [5.41, 5.74) is -1.15. The second kappa shape index (κ2) is 5.67. The second-order valence-corrected chi connectivity index (χ2v) is 4.88. The largest absolute Gasteiger partial charge is 0.480 e. The van der Waals surface area contributed by atoms with Crippen molar-refractivity contribution >= 4 is 11.9 Å². The molecule has 0 radical (unpaired) electrons. The maximum absolute atomic E-state index is 12.1. The zero-order valence-electron chi connectivity index (χ0n) is 10.3. The van der Waals surface area contributed by atoms with E-state index in [4.69, 9.17) is 9.47 Å². The summed E-state index contributed by atoms with van der Waals surface area (Å²) in [6, 6.07) is 0. The van der Waals surface area contributed by atoms with Crippen LogP contribution >= 0.6 is 0 Å². The van der Waals surface area contributed by atoms with Gasteiger partial charge in [0.25, 0.3) is 0 Å². The molecule has 6 heteroatoms. The highest BCUT2D eigenvalue weighted by Crippen LogP contribution is 2.23. The van der Waals surface area contributed by atoms with Crippen LogP contribution < -0.4 is 5.32 Å². The molecule has 6 nitrogen and oxygen atoms in total. The van der Waals surface area contributed by atoms with Crippen LogP contribution in [0.25, 0.3) is 0 Å². The molecule has 2 fully saturated rings. The molecular formula is C12H19NO5. The van der Waals surface area contributed by atoms with E-state index in [0.29, 0.717) is 52.1 Å². The maximum Gasteiger partial charge on any atom is 0.329 e. The molecule has 2 N–H and O–H groups in total. The van der Waals surface area contributed by atoms with Gasteiger partial charge >= 0.3 is 5.97 Å². The highest BCUT2D eigenvalue weighted by atomic mass is 16.5. The monoisotopic (exact) mass is 257 g/mol. The highest BCUT2D eigenvalue weighted by molar-refractivity contribution is 5.88. The van der Waals surface area contributed by atoms with E-state index in [-0.39, 0.29) is 11.8 Å². The van der Waals surface area contributed by atoms with E-state index in [1.807, 2.05) is 0 Å². The van der Waals surface area contributed by atoms with Gasteiger partial charge in [-0.05, 0) is 12.8 Å². The summed E-state index contributed by atoms with van der Waals surface area (Å²) < 4.78 is 10.4. The number of rotatable bonds is 3. The van der Waals surface area contributed by atoms with Crippen molar-refractivity contribution in [2.75, 3.05) is 26.4 Å². The Hall–Kier alpha value is -1.14. The minimum absolute atomic E-state index is 0.127. The fourth-order valence-corrected chi connectivity index (χ4v) is 2.41. The lowest BCUT2D eigenvalue weighted by atomic mass is 9.88. The third-order valence-corrected chi connectivity index (χ3v) is 3.71. The van der Waals surface area contributed by atoms with E-state index in [0.717, 1.165) is 0 Å². The van der Waals surface area contributed by atoms with Crippen molar-refractivity contribution in [3.63, 3.8) is 0 Å². The molecule has 0 aliphatic carbocycles. The summed E-state index contributed by atoms with van der Waals surface area (Å²) in [4.78, 5) is 23.5. The molecular weight excluding hydrogens is 238 g/mol. The smallest absolute Gasteiger partial charge is 0.329 e. The van der Waals surface area contributed by atoms with Gasteiger partial charge in [-0.2, -0.15) is 0 Å². The van der Waals surface area contributed by atoms with Gasteiger partial charge in [-0.15, -0.1) is 0 Å². The molecule has 0 unspecified atom stereocenters. The first-order valence-electron chi connectivity index (χ1n) is 6.35. The summed E-state index contributed by atoms with van der Waals surface area (Å²) in [5, 5.41) is 12.1. The Morgan fingerprint density at radius 1 is 1.06 bits per heavy atom. The molecule has 2 aliphatic heterocycles. The summed E-state index contributed by atoms with van der Waals surface area (Å²) in [7, 11) is 0. The average Bonchev–Trinajstić information content (AvgIpc) is 2.40. The molecule has 2 aliphatic rings. The molecule has 0 aromatic carbocycles. The van der Waals surface area contributed by atoms with Crippen LogP contribution in [0.1, 0.15) is 25.7 Å². The third kappa shape index (κ3) is 2.81. The van der Waals surface area contributed by atoms with Crippen LogP contribution in [0.5, 0.6) is 0 Å². The minimum Gasteiger partial charge on any atom is -0.480 e. The lowest BCUT2D eigenvalue weighted by molar-refractivity contribution is -0.153. The Morgan fingerprint density at radius 3 is 2.17 bits per heavy atom. The fraction of sp³-hybridized carbons (Fsp3) is 0.833. The number of hydrogen-bond donors (Lipinski definition) is 2. The Kier molecular flexibility index (Phi) is 4.19. The van der Waals surface area contributed by atoms with Crippen molar-refractivity contribution in [2.24, 2.45) is 5.92 Å². The number of hydrogen-bond acceptors (Lipinski definition) is 4. The van der Waals surface area contributed by atoms with E-state index in [2.05, 4.69) is 5.32 Å². The van der Waals surface area contributed by atoms with E-state index in [1.54, 1.807) is 0 Å². The molecule has 18 heavy (non-hydrogen) atoms. The van der Waals surface area contributed by atoms with Gasteiger partial charge in [0, 0.05) is 45.2 Å². The van der Waals surface area contributed by atoms with Crippen molar-refractivity contribution in [1.29, 1.82) is 0 Å². The molecule has 0 aromatic rings. The lowest BCUT2D eigenvalue weighted by Gasteiger charge is -2.35. The fourth-order valence-electron chi connectivity index (χ4n) is 2.41. The highest BCUT2D eigenvalue weighted by Gasteiger charge is 2.42. The van der Waals surface area contributed by atoms with Crippen molar-refractivity contribution < 1.29 is 24.2 Å². The zero-order chi connectivity index (χ0) is 13.0. The summed E-state index contributed by atoms with van der Waals surface area (Å²) in [5.74, 6) is -1.26. The van der Waals surface area contributed by atoms with Crippen LogP contribution in [0.4, 0.5) is 0 Å². The summed E-state index contributed by atoms with van der Waals surface area (Å²) in [6.07, 6.45) is 1.99. The number of carboxylic acid groups (broad SMARTS) is 1. The van der Waals surface area contributed by atoms with Crippen LogP contribution in [-0.4, -0.2) is 48.9 Å². The number of carbonyl (C=O) groups is 2. The van der Waals surface area contributed by atoms with Gasteiger partial charge in [-0.3, -0.25) is 4.79 Å². The van der Waals surface area contributed by atoms with Crippen LogP contribution in [0.15, 0.2) is 0 Å². The Bertz CT molecular complexity index is 318. The van der Waals surface area contributed by atoms with Gasteiger partial charge < -0.3 is 19.9 Å². The molecule has 102 valence electrons. The van der Waals surface area contributed by atoms with E-state index >= 15 is 0 Å². The third-order valence-electron chi connectivity index (χ3n) is 3.71. The standard InChI is InChI=1S/C12H19NO5/c14-10(9-1-5-17-6-2-9)13-12(11(15)16)3-7-18-8-4-12/h9H,1-8H2,(H,13,14)(H,15,16). The zero-order valence-corrected chi connectivity index (χ0v) is 10.3. The average molecular weight is 257 g/mol. The van der Waals surface area contributed by atoms with Gasteiger partial charge in [0.2, 0.25) is 5.91 Å². The second-order valence-electron chi connectivity index (χ2n) is 4.88. The van der Waals surface area contributed by atoms with Crippen molar-refractivity contribution in [3.8, 4) is 0 Å². The first-order valence-corrected chi connectivity index (χ1v) is 6.35. The summed E-state index contributed by atoms with van der Waals surface area (Å²) in [6.45, 7) is 1.89. The van der Waals surface area contributed by atoms with E-state index in [9.17, 15) is 14.7 Å². The molecule has 1 amide bonds. The van der Waals surface area contributed by atoms with Crippen LogP contribution in [-0.2, 0) is 19.1 Å². The van der Waals surface area contributed by atoms with Crippen molar-refractivity contribution in [1.82, 2.24) is 5.32 Å². The predicted molar refractivity (Wildman–Crippen MR) is 62.1 cm³/mol. The maximum atomic E-state index is 12.1. The normalized spacial score (nSPS) is 24.4. The number of nitrogens with one attached hydrogen (secondary N) is 1. The number of aliphatic carboxylic acids is 1. The molecule has 0 atom stereocenters. The topological polar surface area (TPSA) is 84.9 Å². The minimum atomic E-state index is -1.15. The molecule has 0 spiro atoms. The molecule has 0 saturated carbocycles. The van der Waals surface area contributed by atoms with Gasteiger partial charge in [0.1, 0.15) is 5.54 Å². The SMILES string of the molecule is O=C(NC1(C(=O)O)CCOCC1)C1CCOCC1. The summed E-state index contributed by atoms with van der Waals surface area (Å²) >= 11 is 0. The Balaban J connectivity index is 1.99. The van der Waals surface area contributed by atoms with Gasteiger partial charge in [0.15, 0.2) is 0 Å². The first-order chi connectivity index (χ1) is 8.64. The van der Waals surface area contributed by atoms with E-state index < -0.39 is 11.5 Å². The van der Waals surface area contributed by atoms with Gasteiger partial charge in [-0.25, -0.2) is 4.79 Å². The predicted octanol–water partition coefficient (Wildman–Crippen LogP) is 0.163. The van der Waals surface area contributed by atoms with Crippen LogP contribution in [0, 0.1) is 5.92 Å². The first kappa shape index (κ1) is 13.3. The van der Waals surface area contributed by atoms with Crippen LogP contribution in [0.3, 0.4) is 0 Å². The van der Waals surface area contributed by atoms with E-state index in [1.165, 1.54) is 0 Å². The van der Waals surface area contributed by atoms with Crippen molar-refractivity contribution in [3.05, 3.63) is 0 Å². The van der Waals surface area contributed by atoms with Crippen molar-refractivity contribution in [2.45, 2.75) is 31.2 Å². The van der Waals surface area contributed by atoms with Crippen LogP contribution in [0.2, 0.25) is 0 Å². The molecule has 2 rings (SSSR count). The number of amides is 1. The Labute approximate surface area is 106 Å². The molecule has 2 saturated heterocycles. The molecule has 2 heterocycles. The number of ether oxygens (including phenoxy) is 2. The Morgan fingerprint density at radius 2 is 1.61 bits per heavy atom. The quantitative estimate of drug-likeness (QED) is 0.752. The number of carbonyl (C=O) groups excluding carboxylic acids is 1.